The van der Waals surface area contributed by atoms with Crippen molar-refractivity contribution in [2.45, 2.75) is 43.4 Å². The second kappa shape index (κ2) is 7.82. The lowest BCUT2D eigenvalue weighted by atomic mass is 9.91. The van der Waals surface area contributed by atoms with E-state index in [1.807, 2.05) is 17.0 Å². The second-order valence-corrected chi connectivity index (χ2v) is 10.8. The molecule has 1 saturated heterocycles. The van der Waals surface area contributed by atoms with Crippen LogP contribution in [0.2, 0.25) is 0 Å². The Bertz CT molecular complexity index is 1040. The van der Waals surface area contributed by atoms with Crippen LogP contribution < -0.4 is 4.90 Å². The van der Waals surface area contributed by atoms with Gasteiger partial charge < -0.3 is 4.90 Å². The first-order valence-corrected chi connectivity index (χ1v) is 12.4. The lowest BCUT2D eigenvalue weighted by Crippen LogP contribution is -2.38. The maximum Gasteiger partial charge on any atom is 0.243 e. The molecule has 2 fully saturated rings. The molecule has 0 spiro atoms. The molecule has 5 nitrogen and oxygen atoms in total. The molecule has 0 bridgehead atoms. The van der Waals surface area contributed by atoms with Gasteiger partial charge in [0, 0.05) is 31.2 Å². The molecule has 5 rings (SSSR count). The Balaban J connectivity index is 1.26. The van der Waals surface area contributed by atoms with Gasteiger partial charge in [0.25, 0.3) is 0 Å². The number of carbonyl (C=O) groups is 1. The van der Waals surface area contributed by atoms with Crippen molar-refractivity contribution in [1.82, 2.24) is 4.31 Å². The Hall–Kier alpha value is -2.18. The maximum absolute atomic E-state index is 13.2. The summed E-state index contributed by atoms with van der Waals surface area (Å²) < 4.78 is 28.1. The fourth-order valence-corrected chi connectivity index (χ4v) is 6.29. The summed E-state index contributed by atoms with van der Waals surface area (Å²) in [6.07, 6.45) is 5.49. The minimum absolute atomic E-state index is 0.177. The van der Waals surface area contributed by atoms with Crippen molar-refractivity contribution >= 4 is 21.6 Å². The molecule has 2 aromatic carbocycles. The summed E-state index contributed by atoms with van der Waals surface area (Å²) in [6.45, 7) is 1.81. The van der Waals surface area contributed by atoms with Crippen molar-refractivity contribution in [3.8, 4) is 0 Å². The summed E-state index contributed by atoms with van der Waals surface area (Å²) in [5.41, 5.74) is 3.19. The summed E-state index contributed by atoms with van der Waals surface area (Å²) >= 11 is 0. The molecule has 2 aromatic rings. The summed E-state index contributed by atoms with van der Waals surface area (Å²) in [7, 11) is -3.49. The zero-order valence-electron chi connectivity index (χ0n) is 17.2. The average Bonchev–Trinajstić information content (AvgIpc) is 3.53. The van der Waals surface area contributed by atoms with Gasteiger partial charge in [-0.05, 0) is 73.8 Å². The monoisotopic (exact) mass is 424 g/mol. The van der Waals surface area contributed by atoms with Gasteiger partial charge in [-0.2, -0.15) is 4.31 Å². The lowest BCUT2D eigenvalue weighted by molar-refractivity contribution is -0.119. The molecule has 0 unspecified atom stereocenters. The van der Waals surface area contributed by atoms with Crippen LogP contribution in [0.15, 0.2) is 53.4 Å². The van der Waals surface area contributed by atoms with Gasteiger partial charge in [-0.25, -0.2) is 8.42 Å². The van der Waals surface area contributed by atoms with Crippen molar-refractivity contribution in [2.24, 2.45) is 11.8 Å². The molecule has 30 heavy (non-hydrogen) atoms. The first kappa shape index (κ1) is 19.8. The zero-order chi connectivity index (χ0) is 20.7. The number of piperidine rings is 1. The standard InChI is InChI=1S/C24H28N2O3S/c27-24(20-6-7-20)26-15-12-21-17-22(8-9-23(21)26)30(28,29)25-13-10-19(11-14-25)16-18-4-2-1-3-5-18/h1-5,8-9,17,19-20H,6-7,10-16H2. The number of carbonyl (C=O) groups excluding carboxylic acids is 1. The minimum atomic E-state index is -3.49. The van der Waals surface area contributed by atoms with Crippen LogP contribution in [0.3, 0.4) is 0 Å². The van der Waals surface area contributed by atoms with Crippen molar-refractivity contribution in [3.63, 3.8) is 0 Å². The second-order valence-electron chi connectivity index (χ2n) is 8.84. The van der Waals surface area contributed by atoms with Crippen LogP contribution in [0.4, 0.5) is 5.69 Å². The molecule has 2 heterocycles. The molecule has 3 aliphatic rings. The van der Waals surface area contributed by atoms with Crippen molar-refractivity contribution in [3.05, 3.63) is 59.7 Å². The molecule has 0 N–H and O–H groups in total. The van der Waals surface area contributed by atoms with E-state index in [1.165, 1.54) is 5.56 Å². The van der Waals surface area contributed by atoms with E-state index in [2.05, 4.69) is 24.3 Å². The van der Waals surface area contributed by atoms with Crippen LogP contribution in [0.5, 0.6) is 0 Å². The third-order valence-electron chi connectivity index (χ3n) is 6.72. The van der Waals surface area contributed by atoms with Crippen LogP contribution in [0.1, 0.15) is 36.8 Å². The van der Waals surface area contributed by atoms with E-state index in [9.17, 15) is 13.2 Å². The first-order chi connectivity index (χ1) is 14.5. The quantitative estimate of drug-likeness (QED) is 0.737. The number of anilines is 1. The fourth-order valence-electron chi connectivity index (χ4n) is 4.77. The molecule has 1 saturated carbocycles. The molecular formula is C24H28N2O3S. The fraction of sp³-hybridized carbons (Fsp3) is 0.458. The molecule has 1 amide bonds. The smallest absolute Gasteiger partial charge is 0.243 e. The summed E-state index contributed by atoms with van der Waals surface area (Å²) in [5, 5.41) is 0. The van der Waals surface area contributed by atoms with Crippen molar-refractivity contribution in [2.75, 3.05) is 24.5 Å². The lowest BCUT2D eigenvalue weighted by Gasteiger charge is -2.31. The van der Waals surface area contributed by atoms with Crippen LogP contribution in [-0.2, 0) is 27.7 Å². The maximum atomic E-state index is 13.2. The first-order valence-electron chi connectivity index (χ1n) is 11.0. The minimum Gasteiger partial charge on any atom is -0.312 e. The van der Waals surface area contributed by atoms with E-state index in [-0.39, 0.29) is 11.8 Å². The SMILES string of the molecule is O=C(C1CC1)N1CCc2cc(S(=O)(=O)N3CCC(Cc4ccccc4)CC3)ccc21. The van der Waals surface area contributed by atoms with Gasteiger partial charge in [-0.3, -0.25) is 4.79 Å². The Morgan fingerprint density at radius 3 is 2.37 bits per heavy atom. The number of fused-ring (bicyclic) bond motifs is 1. The van der Waals surface area contributed by atoms with Crippen molar-refractivity contribution in [1.29, 1.82) is 0 Å². The van der Waals surface area contributed by atoms with Gasteiger partial charge in [-0.1, -0.05) is 30.3 Å². The van der Waals surface area contributed by atoms with Crippen LogP contribution in [0.25, 0.3) is 0 Å². The molecular weight excluding hydrogens is 396 g/mol. The van der Waals surface area contributed by atoms with Gasteiger partial charge in [-0.15, -0.1) is 0 Å². The molecule has 6 heteroatoms. The Kier molecular flexibility index (Phi) is 5.15. The van der Waals surface area contributed by atoms with E-state index >= 15 is 0 Å². The molecule has 0 aromatic heterocycles. The number of hydrogen-bond donors (Lipinski definition) is 0. The van der Waals surface area contributed by atoms with Gasteiger partial charge >= 0.3 is 0 Å². The normalized spacial score (nSPS) is 20.3. The molecule has 0 radical (unpaired) electrons. The number of rotatable bonds is 5. The van der Waals surface area contributed by atoms with Crippen LogP contribution in [0, 0.1) is 11.8 Å². The van der Waals surface area contributed by atoms with E-state index in [4.69, 9.17) is 0 Å². The number of sulfonamides is 1. The molecule has 158 valence electrons. The molecule has 2 aliphatic heterocycles. The van der Waals surface area contributed by atoms with Crippen LogP contribution >= 0.6 is 0 Å². The number of nitrogens with zero attached hydrogens (tertiary/aromatic N) is 2. The van der Waals surface area contributed by atoms with Gasteiger partial charge in [0.05, 0.1) is 4.90 Å². The summed E-state index contributed by atoms with van der Waals surface area (Å²) in [6, 6.07) is 15.7. The number of hydrogen-bond acceptors (Lipinski definition) is 3. The highest BCUT2D eigenvalue weighted by atomic mass is 32.2. The average molecular weight is 425 g/mol. The largest absolute Gasteiger partial charge is 0.312 e. The predicted octanol–water partition coefficient (Wildman–Crippen LogP) is 3.63. The molecule has 1 aliphatic carbocycles. The van der Waals surface area contributed by atoms with Crippen molar-refractivity contribution < 1.29 is 13.2 Å². The van der Waals surface area contributed by atoms with Gasteiger partial charge in [0.15, 0.2) is 0 Å². The Morgan fingerprint density at radius 2 is 1.67 bits per heavy atom. The predicted molar refractivity (Wildman–Crippen MR) is 117 cm³/mol. The summed E-state index contributed by atoms with van der Waals surface area (Å²) in [4.78, 5) is 14.7. The summed E-state index contributed by atoms with van der Waals surface area (Å²) in [5.74, 6) is 0.905. The van der Waals surface area contributed by atoms with Gasteiger partial charge in [0.2, 0.25) is 15.9 Å². The number of amides is 1. The number of benzene rings is 2. The highest BCUT2D eigenvalue weighted by molar-refractivity contribution is 7.89. The topological polar surface area (TPSA) is 57.7 Å². The van der Waals surface area contributed by atoms with E-state index in [0.29, 0.717) is 30.4 Å². The van der Waals surface area contributed by atoms with Gasteiger partial charge in [0.1, 0.15) is 0 Å². The highest BCUT2D eigenvalue weighted by Crippen LogP contribution is 2.37. The highest BCUT2D eigenvalue weighted by Gasteiger charge is 2.37. The van der Waals surface area contributed by atoms with E-state index in [1.54, 1.807) is 16.4 Å². The third kappa shape index (κ3) is 3.79. The zero-order valence-corrected chi connectivity index (χ0v) is 18.0. The van der Waals surface area contributed by atoms with Crippen LogP contribution in [-0.4, -0.2) is 38.3 Å². The Labute approximate surface area is 178 Å². The van der Waals surface area contributed by atoms with E-state index < -0.39 is 10.0 Å². The molecule has 0 atom stereocenters. The third-order valence-corrected chi connectivity index (χ3v) is 8.61. The van der Waals surface area contributed by atoms with E-state index in [0.717, 1.165) is 49.8 Å². The Morgan fingerprint density at radius 1 is 0.933 bits per heavy atom.